The second-order valence-electron chi connectivity index (χ2n) is 5.88. The Bertz CT molecular complexity index is 507. The van der Waals surface area contributed by atoms with Crippen LogP contribution in [0, 0.1) is 19.8 Å². The van der Waals surface area contributed by atoms with E-state index in [1.54, 1.807) is 13.3 Å². The molecule has 21 heavy (non-hydrogen) atoms. The van der Waals surface area contributed by atoms with Gasteiger partial charge in [-0.1, -0.05) is 0 Å². The summed E-state index contributed by atoms with van der Waals surface area (Å²) >= 11 is 0. The van der Waals surface area contributed by atoms with E-state index in [2.05, 4.69) is 4.98 Å². The molecule has 1 aliphatic rings. The van der Waals surface area contributed by atoms with Crippen LogP contribution in [0.5, 0.6) is 5.75 Å². The molecular formula is C17H25NO3. The van der Waals surface area contributed by atoms with Crippen LogP contribution in [-0.4, -0.2) is 30.6 Å². The number of aryl methyl sites for hydroxylation is 1. The van der Waals surface area contributed by atoms with Gasteiger partial charge in [0.25, 0.3) is 0 Å². The first kappa shape index (κ1) is 16.0. The number of carbonyl (C=O) groups excluding carboxylic acids is 1. The van der Waals surface area contributed by atoms with E-state index in [0.717, 1.165) is 42.0 Å². The maximum Gasteiger partial charge on any atom is 0.139 e. The molecule has 0 amide bonds. The van der Waals surface area contributed by atoms with Gasteiger partial charge in [-0.3, -0.25) is 9.78 Å². The number of pyridine rings is 1. The van der Waals surface area contributed by atoms with Crippen LogP contribution in [0.25, 0.3) is 0 Å². The molecule has 1 aromatic rings. The van der Waals surface area contributed by atoms with Crippen molar-refractivity contribution in [2.45, 2.75) is 52.6 Å². The molecule has 1 saturated carbocycles. The number of ketones is 1. The van der Waals surface area contributed by atoms with E-state index >= 15 is 0 Å². The summed E-state index contributed by atoms with van der Waals surface area (Å²) in [4.78, 5) is 16.6. The topological polar surface area (TPSA) is 48.4 Å². The fourth-order valence-electron chi connectivity index (χ4n) is 3.04. The Morgan fingerprint density at radius 1 is 1.38 bits per heavy atom. The molecule has 0 aliphatic heterocycles. The first-order valence-corrected chi connectivity index (χ1v) is 7.67. The molecule has 0 spiro atoms. The van der Waals surface area contributed by atoms with Gasteiger partial charge in [0.2, 0.25) is 0 Å². The van der Waals surface area contributed by atoms with E-state index in [1.165, 1.54) is 0 Å². The van der Waals surface area contributed by atoms with E-state index in [1.807, 2.05) is 20.8 Å². The van der Waals surface area contributed by atoms with Crippen molar-refractivity contribution in [3.63, 3.8) is 0 Å². The second kappa shape index (κ2) is 7.03. The molecule has 1 fully saturated rings. The predicted molar refractivity (Wildman–Crippen MR) is 81.7 cm³/mol. The lowest BCUT2D eigenvalue weighted by atomic mass is 9.78. The maximum absolute atomic E-state index is 12.2. The Hall–Kier alpha value is -1.42. The monoisotopic (exact) mass is 291 g/mol. The molecule has 2 rings (SSSR count). The van der Waals surface area contributed by atoms with Crippen LogP contribution in [0.2, 0.25) is 0 Å². The third kappa shape index (κ3) is 3.82. The zero-order valence-electron chi connectivity index (χ0n) is 13.4. The Morgan fingerprint density at radius 2 is 2.10 bits per heavy atom. The number of methoxy groups -OCH3 is 1. The molecule has 116 valence electrons. The van der Waals surface area contributed by atoms with Crippen molar-refractivity contribution in [3.8, 4) is 5.75 Å². The molecular weight excluding hydrogens is 266 g/mol. The number of nitrogens with zero attached hydrogens (tertiary/aromatic N) is 1. The molecule has 0 aromatic carbocycles. The van der Waals surface area contributed by atoms with Gasteiger partial charge in [-0.25, -0.2) is 0 Å². The molecule has 0 unspecified atom stereocenters. The average molecular weight is 291 g/mol. The van der Waals surface area contributed by atoms with Crippen molar-refractivity contribution in [2.75, 3.05) is 13.7 Å². The zero-order chi connectivity index (χ0) is 15.4. The summed E-state index contributed by atoms with van der Waals surface area (Å²) in [6.07, 6.45) is 5.22. The third-order valence-electron chi connectivity index (χ3n) is 4.23. The Kier molecular flexibility index (Phi) is 5.34. The van der Waals surface area contributed by atoms with Crippen LogP contribution in [-0.2, 0) is 16.0 Å². The SMILES string of the molecule is CCOC1CC(CC(=O)Cc2ncc(C)c(OC)c2C)C1. The number of ether oxygens (including phenoxy) is 2. The number of Topliss-reactive ketones (excluding diaryl/α,β-unsaturated/α-hetero) is 1. The summed E-state index contributed by atoms with van der Waals surface area (Å²) < 4.78 is 10.9. The third-order valence-corrected chi connectivity index (χ3v) is 4.23. The zero-order valence-corrected chi connectivity index (χ0v) is 13.4. The molecule has 0 bridgehead atoms. The molecule has 1 aromatic heterocycles. The van der Waals surface area contributed by atoms with Gasteiger partial charge < -0.3 is 9.47 Å². The summed E-state index contributed by atoms with van der Waals surface area (Å²) in [5.41, 5.74) is 2.82. The Labute approximate surface area is 126 Å². The lowest BCUT2D eigenvalue weighted by Gasteiger charge is -2.34. The van der Waals surface area contributed by atoms with E-state index in [9.17, 15) is 4.79 Å². The van der Waals surface area contributed by atoms with Gasteiger partial charge in [0.1, 0.15) is 11.5 Å². The quantitative estimate of drug-likeness (QED) is 0.775. The van der Waals surface area contributed by atoms with Gasteiger partial charge in [0, 0.05) is 36.8 Å². The van der Waals surface area contributed by atoms with E-state index in [0.29, 0.717) is 24.9 Å². The molecule has 4 nitrogen and oxygen atoms in total. The molecule has 0 atom stereocenters. The average Bonchev–Trinajstić information content (AvgIpc) is 2.40. The highest BCUT2D eigenvalue weighted by molar-refractivity contribution is 5.81. The van der Waals surface area contributed by atoms with Crippen LogP contribution in [0.3, 0.4) is 0 Å². The van der Waals surface area contributed by atoms with Crippen molar-refractivity contribution in [1.82, 2.24) is 4.98 Å². The van der Waals surface area contributed by atoms with Crippen LogP contribution in [0.4, 0.5) is 0 Å². The molecule has 1 heterocycles. The van der Waals surface area contributed by atoms with Crippen LogP contribution >= 0.6 is 0 Å². The molecule has 0 N–H and O–H groups in total. The fourth-order valence-corrected chi connectivity index (χ4v) is 3.04. The number of hydrogen-bond donors (Lipinski definition) is 0. The van der Waals surface area contributed by atoms with Gasteiger partial charge in [-0.15, -0.1) is 0 Å². The Balaban J connectivity index is 1.89. The highest BCUT2D eigenvalue weighted by Gasteiger charge is 2.31. The predicted octanol–water partition coefficient (Wildman–Crippen LogP) is 3.02. The summed E-state index contributed by atoms with van der Waals surface area (Å²) in [5.74, 6) is 1.59. The van der Waals surface area contributed by atoms with Gasteiger partial charge >= 0.3 is 0 Å². The number of hydrogen-bond acceptors (Lipinski definition) is 4. The minimum atomic E-state index is 0.261. The van der Waals surface area contributed by atoms with Crippen molar-refractivity contribution >= 4 is 5.78 Å². The number of rotatable bonds is 7. The highest BCUT2D eigenvalue weighted by atomic mass is 16.5. The van der Waals surface area contributed by atoms with Crippen LogP contribution in [0.1, 0.15) is 43.0 Å². The van der Waals surface area contributed by atoms with Crippen molar-refractivity contribution in [3.05, 3.63) is 23.0 Å². The Morgan fingerprint density at radius 3 is 2.71 bits per heavy atom. The van der Waals surface area contributed by atoms with Gasteiger partial charge in [-0.2, -0.15) is 0 Å². The lowest BCUT2D eigenvalue weighted by molar-refractivity contribution is -0.121. The van der Waals surface area contributed by atoms with Gasteiger partial charge in [0.05, 0.1) is 18.9 Å². The summed E-state index contributed by atoms with van der Waals surface area (Å²) in [6, 6.07) is 0. The molecule has 1 aliphatic carbocycles. The molecule has 4 heteroatoms. The van der Waals surface area contributed by atoms with E-state index in [-0.39, 0.29) is 5.78 Å². The molecule has 0 saturated heterocycles. The largest absolute Gasteiger partial charge is 0.496 e. The normalized spacial score (nSPS) is 21.0. The first-order valence-electron chi connectivity index (χ1n) is 7.67. The second-order valence-corrected chi connectivity index (χ2v) is 5.88. The van der Waals surface area contributed by atoms with E-state index < -0.39 is 0 Å². The summed E-state index contributed by atoms with van der Waals surface area (Å²) in [5, 5.41) is 0. The fraction of sp³-hybridized carbons (Fsp3) is 0.647. The summed E-state index contributed by atoms with van der Waals surface area (Å²) in [6.45, 7) is 6.71. The summed E-state index contributed by atoms with van der Waals surface area (Å²) in [7, 11) is 1.66. The maximum atomic E-state index is 12.2. The number of aromatic nitrogens is 1. The highest BCUT2D eigenvalue weighted by Crippen LogP contribution is 2.33. The minimum Gasteiger partial charge on any atom is -0.496 e. The van der Waals surface area contributed by atoms with Crippen LogP contribution < -0.4 is 4.74 Å². The van der Waals surface area contributed by atoms with Gasteiger partial charge in [0.15, 0.2) is 0 Å². The van der Waals surface area contributed by atoms with Gasteiger partial charge in [-0.05, 0) is 39.5 Å². The van der Waals surface area contributed by atoms with E-state index in [4.69, 9.17) is 9.47 Å². The van der Waals surface area contributed by atoms with Crippen molar-refractivity contribution in [2.24, 2.45) is 5.92 Å². The minimum absolute atomic E-state index is 0.261. The number of carbonyl (C=O) groups is 1. The standard InChI is InChI=1S/C17H25NO3/c1-5-21-15-7-13(8-15)6-14(19)9-16-12(3)17(20-4)11(2)10-18-16/h10,13,15H,5-9H2,1-4H3. The smallest absolute Gasteiger partial charge is 0.139 e. The first-order chi connectivity index (χ1) is 10.0. The van der Waals surface area contributed by atoms with Crippen molar-refractivity contribution < 1.29 is 14.3 Å². The molecule has 0 radical (unpaired) electrons. The lowest BCUT2D eigenvalue weighted by Crippen LogP contribution is -2.33. The van der Waals surface area contributed by atoms with Crippen LogP contribution in [0.15, 0.2) is 6.20 Å². The van der Waals surface area contributed by atoms with Crippen molar-refractivity contribution in [1.29, 1.82) is 0 Å².